The van der Waals surface area contributed by atoms with Crippen molar-refractivity contribution in [2.45, 2.75) is 12.8 Å². The Morgan fingerprint density at radius 1 is 1.08 bits per heavy atom. The molecule has 2 rings (SSSR count). The van der Waals surface area contributed by atoms with E-state index in [2.05, 4.69) is 29.0 Å². The van der Waals surface area contributed by atoms with Crippen LogP contribution in [0.2, 0.25) is 0 Å². The van der Waals surface area contributed by atoms with Crippen molar-refractivity contribution in [3.05, 3.63) is 30.3 Å². The average molecular weight is 257 g/mol. The zero-order valence-electron chi connectivity index (χ0n) is 7.02. The van der Waals surface area contributed by atoms with E-state index in [0.29, 0.717) is 0 Å². The fraction of sp³-hybridized carbons (Fsp3) is 0.444. The second-order valence-corrected chi connectivity index (χ2v) is 4.23. The maximum atomic E-state index is 4.83. The normalized spacial score (nSPS) is 13.7. The van der Waals surface area contributed by atoms with Crippen molar-refractivity contribution in [3.63, 3.8) is 0 Å². The molecule has 1 fully saturated rings. The molecule has 1 nitrogen and oxygen atoms in total. The van der Waals surface area contributed by atoms with Crippen LogP contribution in [0.4, 0.5) is 0 Å². The Kier molecular flexibility index (Phi) is 12.8. The monoisotopic (exact) mass is 256 g/mol. The largest absolute Gasteiger partial charge is 0.999 e. The molecule has 0 spiro atoms. The molecule has 1 aliphatic rings. The van der Waals surface area contributed by atoms with E-state index in [9.17, 15) is 0 Å². The van der Waals surface area contributed by atoms with Gasteiger partial charge < -0.3 is 35.1 Å². The molecular weight excluding hydrogens is 247 g/mol. The molecule has 0 amide bonds. The summed E-state index contributed by atoms with van der Waals surface area (Å²) in [6.45, 7) is 2.25. The standard InChI is InChI=1S/C5H.C4H8O.2ClH.Cr/c2*1-2-4-5-3-1;;;/h1H;1-4H2;2*1H;/q-5;;;;+2/p-1. The van der Waals surface area contributed by atoms with Gasteiger partial charge in [-0.2, -0.15) is 0 Å². The average Bonchev–Trinajstić information content (AvgIpc) is 2.85. The van der Waals surface area contributed by atoms with Gasteiger partial charge in [0.25, 0.3) is 0 Å². The van der Waals surface area contributed by atoms with E-state index >= 15 is 0 Å². The van der Waals surface area contributed by atoms with E-state index in [0.717, 1.165) is 13.2 Å². The summed E-state index contributed by atoms with van der Waals surface area (Å²) < 4.78 is 4.08. The Balaban J connectivity index is 0.000000174. The summed E-state index contributed by atoms with van der Waals surface area (Å²) in [4.78, 5) is 0. The molecule has 1 aromatic carbocycles. The molecular formula is C9H10Cl2CrO-4. The second kappa shape index (κ2) is 12.4. The molecule has 76 valence electrons. The van der Waals surface area contributed by atoms with Gasteiger partial charge >= 0.3 is 33.5 Å². The molecule has 1 aromatic rings. The van der Waals surface area contributed by atoms with Crippen LogP contribution in [0.1, 0.15) is 12.8 Å². The first kappa shape index (κ1) is 13.4. The summed E-state index contributed by atoms with van der Waals surface area (Å²) in [5.41, 5.74) is 0. The van der Waals surface area contributed by atoms with E-state index in [1.54, 1.807) is 6.07 Å². The summed E-state index contributed by atoms with van der Waals surface area (Å²) in [5, 5.41) is 0. The van der Waals surface area contributed by atoms with Crippen LogP contribution in [0.25, 0.3) is 0 Å². The topological polar surface area (TPSA) is 12.8 Å². The summed E-state index contributed by atoms with van der Waals surface area (Å²) in [7, 11) is 9.65. The van der Waals surface area contributed by atoms with Gasteiger partial charge in [-0.05, 0) is 0 Å². The molecule has 0 aromatic heterocycles. The van der Waals surface area contributed by atoms with Crippen LogP contribution < -0.4 is 0 Å². The number of halogens is 2. The van der Waals surface area contributed by atoms with Gasteiger partial charge in [-0.3, -0.25) is 0 Å². The van der Waals surface area contributed by atoms with Crippen LogP contribution in [-0.2, 0) is 13.4 Å². The van der Waals surface area contributed by atoms with Crippen molar-refractivity contribution in [3.8, 4) is 0 Å². The Bertz CT molecular complexity index is 128. The first-order chi connectivity index (χ1) is 6.41. The Labute approximate surface area is 94.5 Å². The number of hydrogen-bond acceptors (Lipinski definition) is 0. The number of hydrogen-bond donors (Lipinski definition) is 0. The van der Waals surface area contributed by atoms with Crippen LogP contribution >= 0.6 is 20.1 Å². The predicted molar refractivity (Wildman–Crippen MR) is 50.3 cm³/mol. The van der Waals surface area contributed by atoms with E-state index in [-0.39, 0.29) is 13.4 Å². The molecule has 4 heteroatoms. The molecule has 1 heterocycles. The third-order valence-electron chi connectivity index (χ3n) is 1.23. The van der Waals surface area contributed by atoms with Crippen LogP contribution in [0, 0.1) is 24.3 Å². The number of rotatable bonds is 0. The number of ether oxygens (including phenoxy) is 1. The molecule has 0 bridgehead atoms. The molecule has 0 radical (unpaired) electrons. The van der Waals surface area contributed by atoms with Gasteiger partial charge in [0, 0.05) is 12.8 Å². The van der Waals surface area contributed by atoms with Gasteiger partial charge in [0.05, 0.1) is 0 Å². The minimum atomic E-state index is -0.181. The van der Waals surface area contributed by atoms with Crippen molar-refractivity contribution in [2.75, 3.05) is 13.2 Å². The molecule has 1 aliphatic heterocycles. The van der Waals surface area contributed by atoms with Gasteiger partial charge in [-0.1, -0.05) is 0 Å². The summed E-state index contributed by atoms with van der Waals surface area (Å²) in [6, 6.07) is 12.0. The Morgan fingerprint density at radius 2 is 1.54 bits per heavy atom. The molecule has 0 atom stereocenters. The summed E-state index contributed by atoms with van der Waals surface area (Å²) in [5.74, 6) is 0. The van der Waals surface area contributed by atoms with Crippen molar-refractivity contribution >= 4 is 20.1 Å². The maximum absolute atomic E-state index is 4.83. The van der Waals surface area contributed by atoms with Gasteiger partial charge in [-0.15, -0.1) is 0 Å². The fourth-order valence-electron chi connectivity index (χ4n) is 0.739. The predicted octanol–water partition coefficient (Wildman–Crippen LogP) is 2.29. The van der Waals surface area contributed by atoms with Crippen LogP contribution in [0.5, 0.6) is 0 Å². The SMILES string of the molecule is C1CC[OH+]C1.[Cl][Cr][Cl].[c-]1[c-][c-][cH-][c-]1. The Morgan fingerprint density at radius 3 is 1.69 bits per heavy atom. The van der Waals surface area contributed by atoms with E-state index < -0.39 is 0 Å². The van der Waals surface area contributed by atoms with Crippen molar-refractivity contribution < 1.29 is 18.1 Å². The second-order valence-electron chi connectivity index (χ2n) is 2.12. The third-order valence-corrected chi connectivity index (χ3v) is 1.23. The van der Waals surface area contributed by atoms with Gasteiger partial charge in [-0.25, -0.2) is 0 Å². The quantitative estimate of drug-likeness (QED) is 0.499. The summed E-state index contributed by atoms with van der Waals surface area (Å²) in [6.07, 6.45) is 2.67. The first-order valence-electron chi connectivity index (χ1n) is 3.77. The van der Waals surface area contributed by atoms with Gasteiger partial charge in [0.15, 0.2) is 0 Å². The maximum Gasteiger partial charge on any atom is -0.800 e. The Hall–Kier alpha value is 0.422. The zero-order valence-corrected chi connectivity index (χ0v) is 9.80. The van der Waals surface area contributed by atoms with Crippen molar-refractivity contribution in [1.82, 2.24) is 0 Å². The minimum Gasteiger partial charge on any atom is -0.999 e. The fourth-order valence-corrected chi connectivity index (χ4v) is 0.739. The number of aliphatic hydroxyl groups is 2. The third kappa shape index (κ3) is 12.4. The first-order valence-corrected chi connectivity index (χ1v) is 7.28. The molecule has 0 saturated carbocycles. The van der Waals surface area contributed by atoms with Crippen molar-refractivity contribution in [2.24, 2.45) is 0 Å². The van der Waals surface area contributed by atoms with Crippen LogP contribution in [-0.4, -0.2) is 18.0 Å². The molecule has 1 N–H and O–H groups in total. The van der Waals surface area contributed by atoms with Crippen LogP contribution in [0.15, 0.2) is 6.07 Å². The van der Waals surface area contributed by atoms with E-state index in [1.165, 1.54) is 12.8 Å². The molecule has 0 aliphatic carbocycles. The summed E-state index contributed by atoms with van der Waals surface area (Å²) >= 11 is -0.181. The van der Waals surface area contributed by atoms with E-state index in [4.69, 9.17) is 20.1 Å². The van der Waals surface area contributed by atoms with Gasteiger partial charge in [0.1, 0.15) is 13.2 Å². The van der Waals surface area contributed by atoms with E-state index in [1.807, 2.05) is 0 Å². The van der Waals surface area contributed by atoms with Crippen molar-refractivity contribution in [1.29, 1.82) is 0 Å². The zero-order chi connectivity index (χ0) is 9.78. The molecule has 0 unspecified atom stereocenters. The molecule has 13 heavy (non-hydrogen) atoms. The molecule has 1 saturated heterocycles. The van der Waals surface area contributed by atoms with Crippen LogP contribution in [0.3, 0.4) is 0 Å². The minimum absolute atomic E-state index is 0.181. The smallest absolute Gasteiger partial charge is 0.800 e. The van der Waals surface area contributed by atoms with Gasteiger partial charge in [0.2, 0.25) is 0 Å².